The molecule has 0 heterocycles. The second-order valence-corrected chi connectivity index (χ2v) is 3.95. The Labute approximate surface area is 115 Å². The lowest BCUT2D eigenvalue weighted by molar-refractivity contribution is -0.415. The van der Waals surface area contributed by atoms with Crippen LogP contribution in [0.3, 0.4) is 0 Å². The Hall–Kier alpha value is -2.93. The number of hydrogen-bond acceptors (Lipinski definition) is 2. The van der Waals surface area contributed by atoms with E-state index in [0.717, 1.165) is 0 Å². The van der Waals surface area contributed by atoms with E-state index in [1.807, 2.05) is 6.07 Å². The van der Waals surface area contributed by atoms with Gasteiger partial charge in [0.1, 0.15) is 5.82 Å². The molecule has 0 N–H and O–H groups in total. The molecule has 0 unspecified atom stereocenters. The zero-order valence-electron chi connectivity index (χ0n) is 10.4. The van der Waals surface area contributed by atoms with Gasteiger partial charge in [0.2, 0.25) is 0 Å². The lowest BCUT2D eigenvalue weighted by atomic mass is 10.2. The molecule has 0 aliphatic heterocycles. The number of benzene rings is 2. The quantitative estimate of drug-likeness (QED) is 0.475. The maximum Gasteiger partial charge on any atom is 0.320 e. The molecule has 0 saturated heterocycles. The van der Waals surface area contributed by atoms with Crippen LogP contribution in [0.25, 0.3) is 6.08 Å². The number of hydrogen-bond donors (Lipinski definition) is 0. The second kappa shape index (κ2) is 6.30. The average Bonchev–Trinajstić information content (AvgIpc) is 2.46. The molecule has 3 nitrogen and oxygen atoms in total. The molecular weight excluding hydrogens is 257 g/mol. The van der Waals surface area contributed by atoms with Crippen LogP contribution < -0.4 is 0 Å². The molecule has 20 heavy (non-hydrogen) atoms. The molecule has 0 spiro atoms. The summed E-state index contributed by atoms with van der Waals surface area (Å²) >= 11 is 0. The van der Waals surface area contributed by atoms with Crippen LogP contribution in [0.2, 0.25) is 0 Å². The fourth-order valence-corrected chi connectivity index (χ4v) is 1.51. The molecule has 2 rings (SSSR count). The van der Waals surface area contributed by atoms with E-state index >= 15 is 0 Å². The van der Waals surface area contributed by atoms with E-state index in [1.54, 1.807) is 24.3 Å². The number of nitro groups is 1. The van der Waals surface area contributed by atoms with Gasteiger partial charge in [0.15, 0.2) is 0 Å². The van der Waals surface area contributed by atoms with Gasteiger partial charge in [-0.1, -0.05) is 36.3 Å². The smallest absolute Gasteiger partial charge is 0.258 e. The van der Waals surface area contributed by atoms with Gasteiger partial charge in [-0.2, -0.15) is 0 Å². The minimum Gasteiger partial charge on any atom is -0.258 e. The van der Waals surface area contributed by atoms with Gasteiger partial charge in [-0.05, 0) is 29.8 Å². The highest BCUT2D eigenvalue weighted by atomic mass is 19.1. The molecule has 0 aliphatic rings. The standard InChI is InChI=1S/C16H10FNO2/c17-15-9-6-13(7-10-15)8-11-16(18(19)20)12-14-4-2-1-3-5-14/h1-7,9-10,12H/b16-12+. The third kappa shape index (κ3) is 3.79. The van der Waals surface area contributed by atoms with Crippen LogP contribution >= 0.6 is 0 Å². The summed E-state index contributed by atoms with van der Waals surface area (Å²) in [6, 6.07) is 14.4. The lowest BCUT2D eigenvalue weighted by Crippen LogP contribution is -1.95. The zero-order valence-corrected chi connectivity index (χ0v) is 10.4. The average molecular weight is 267 g/mol. The molecule has 0 bridgehead atoms. The van der Waals surface area contributed by atoms with Crippen LogP contribution in [0.5, 0.6) is 0 Å². The van der Waals surface area contributed by atoms with Crippen molar-refractivity contribution in [3.8, 4) is 11.8 Å². The summed E-state index contributed by atoms with van der Waals surface area (Å²) in [6.07, 6.45) is 1.40. The van der Waals surface area contributed by atoms with Crippen LogP contribution in [0.4, 0.5) is 4.39 Å². The van der Waals surface area contributed by atoms with Crippen LogP contribution in [0.1, 0.15) is 11.1 Å². The van der Waals surface area contributed by atoms with E-state index < -0.39 is 4.92 Å². The maximum absolute atomic E-state index is 12.7. The first-order valence-corrected chi connectivity index (χ1v) is 5.84. The molecule has 0 aromatic heterocycles. The SMILES string of the molecule is O=[N+]([O-])/C(C#Cc1ccc(F)cc1)=C/c1ccccc1. The van der Waals surface area contributed by atoms with Gasteiger partial charge >= 0.3 is 5.70 Å². The Balaban J connectivity index is 2.30. The van der Waals surface area contributed by atoms with Crippen molar-refractivity contribution in [2.45, 2.75) is 0 Å². The van der Waals surface area contributed by atoms with E-state index in [-0.39, 0.29) is 11.5 Å². The zero-order chi connectivity index (χ0) is 14.4. The van der Waals surface area contributed by atoms with Crippen molar-refractivity contribution in [3.05, 3.63) is 87.4 Å². The first-order valence-electron chi connectivity index (χ1n) is 5.84. The minimum atomic E-state index is -0.538. The summed E-state index contributed by atoms with van der Waals surface area (Å²) in [4.78, 5) is 10.4. The number of rotatable bonds is 2. The first-order chi connectivity index (χ1) is 9.65. The maximum atomic E-state index is 12.7. The number of allylic oxidation sites excluding steroid dienone is 1. The number of halogens is 1. The summed E-state index contributed by atoms with van der Waals surface area (Å²) in [5.41, 5.74) is 1.01. The Morgan fingerprint density at radius 3 is 2.35 bits per heavy atom. The van der Waals surface area contributed by atoms with Crippen LogP contribution in [-0.4, -0.2) is 4.92 Å². The van der Waals surface area contributed by atoms with Crippen molar-refractivity contribution in [3.63, 3.8) is 0 Å². The fourth-order valence-electron chi connectivity index (χ4n) is 1.51. The molecule has 0 saturated carbocycles. The van der Waals surface area contributed by atoms with Crippen molar-refractivity contribution in [1.29, 1.82) is 0 Å². The summed E-state index contributed by atoms with van der Waals surface area (Å²) in [7, 11) is 0. The molecule has 4 heteroatoms. The third-order valence-electron chi connectivity index (χ3n) is 2.48. The highest BCUT2D eigenvalue weighted by molar-refractivity contribution is 5.56. The highest BCUT2D eigenvalue weighted by Gasteiger charge is 2.06. The van der Waals surface area contributed by atoms with Crippen molar-refractivity contribution in [2.24, 2.45) is 0 Å². The molecule has 98 valence electrons. The Bertz CT molecular complexity index is 695. The van der Waals surface area contributed by atoms with E-state index in [9.17, 15) is 14.5 Å². The van der Waals surface area contributed by atoms with E-state index in [2.05, 4.69) is 11.8 Å². The second-order valence-electron chi connectivity index (χ2n) is 3.95. The van der Waals surface area contributed by atoms with Crippen LogP contribution in [0.15, 0.2) is 60.3 Å². The molecule has 2 aromatic carbocycles. The van der Waals surface area contributed by atoms with Gasteiger partial charge in [0.25, 0.3) is 0 Å². The van der Waals surface area contributed by atoms with E-state index in [1.165, 1.54) is 30.3 Å². The molecule has 0 aliphatic carbocycles. The molecule has 2 aromatic rings. The predicted molar refractivity (Wildman–Crippen MR) is 74.7 cm³/mol. The molecule has 0 fully saturated rings. The Morgan fingerprint density at radius 2 is 1.75 bits per heavy atom. The topological polar surface area (TPSA) is 43.1 Å². The van der Waals surface area contributed by atoms with Gasteiger partial charge in [0, 0.05) is 17.6 Å². The van der Waals surface area contributed by atoms with Crippen LogP contribution in [0, 0.1) is 27.8 Å². The summed E-state index contributed by atoms with van der Waals surface area (Å²) in [5, 5.41) is 11.0. The normalized spacial score (nSPS) is 10.6. The van der Waals surface area contributed by atoms with Crippen molar-refractivity contribution < 1.29 is 9.31 Å². The van der Waals surface area contributed by atoms with Gasteiger partial charge in [-0.3, -0.25) is 10.1 Å². The van der Waals surface area contributed by atoms with E-state index in [0.29, 0.717) is 11.1 Å². The minimum absolute atomic E-state index is 0.208. The summed E-state index contributed by atoms with van der Waals surface area (Å²) < 4.78 is 12.7. The largest absolute Gasteiger partial charge is 0.320 e. The van der Waals surface area contributed by atoms with Crippen LogP contribution in [-0.2, 0) is 0 Å². The first kappa shape index (κ1) is 13.5. The molecule has 0 radical (unpaired) electrons. The Kier molecular flexibility index (Phi) is 4.25. The summed E-state index contributed by atoms with van der Waals surface area (Å²) in [6.45, 7) is 0. The van der Waals surface area contributed by atoms with Gasteiger partial charge < -0.3 is 0 Å². The van der Waals surface area contributed by atoms with Crippen molar-refractivity contribution >= 4 is 6.08 Å². The predicted octanol–water partition coefficient (Wildman–Crippen LogP) is 3.50. The fraction of sp³-hybridized carbons (Fsp3) is 0. The van der Waals surface area contributed by atoms with Crippen molar-refractivity contribution in [2.75, 3.05) is 0 Å². The monoisotopic (exact) mass is 267 g/mol. The van der Waals surface area contributed by atoms with Gasteiger partial charge in [-0.25, -0.2) is 4.39 Å². The molecular formula is C16H10FNO2. The van der Waals surface area contributed by atoms with Crippen molar-refractivity contribution in [1.82, 2.24) is 0 Å². The molecule has 0 atom stereocenters. The molecule has 0 amide bonds. The van der Waals surface area contributed by atoms with Gasteiger partial charge in [-0.15, -0.1) is 0 Å². The van der Waals surface area contributed by atoms with E-state index in [4.69, 9.17) is 0 Å². The van der Waals surface area contributed by atoms with Gasteiger partial charge in [0.05, 0.1) is 4.92 Å². The Morgan fingerprint density at radius 1 is 1.10 bits per heavy atom. The number of nitrogens with zero attached hydrogens (tertiary/aromatic N) is 1. The summed E-state index contributed by atoms with van der Waals surface area (Å²) in [5.74, 6) is 4.77. The third-order valence-corrected chi connectivity index (χ3v) is 2.48. The highest BCUT2D eigenvalue weighted by Crippen LogP contribution is 2.07. The lowest BCUT2D eigenvalue weighted by Gasteiger charge is -1.92.